The third-order valence-electron chi connectivity index (χ3n) is 2.57. The predicted molar refractivity (Wildman–Crippen MR) is 62.2 cm³/mol. The number of rotatable bonds is 4. The van der Waals surface area contributed by atoms with Gasteiger partial charge in [0.1, 0.15) is 17.5 Å². The summed E-state index contributed by atoms with van der Waals surface area (Å²) in [5.74, 6) is 4.56. The van der Waals surface area contributed by atoms with Crippen molar-refractivity contribution in [1.82, 2.24) is 15.4 Å². The highest BCUT2D eigenvalue weighted by Gasteiger charge is 2.18. The molecule has 18 heavy (non-hydrogen) atoms. The molecule has 4 nitrogen and oxygen atoms in total. The Morgan fingerprint density at radius 2 is 1.72 bits per heavy atom. The number of hydrazine groups is 1. The SMILES string of the molecule is NNC(Cc1c(F)cccc1F)c1ncccn1. The molecule has 1 heterocycles. The number of benzene rings is 1. The van der Waals surface area contributed by atoms with Gasteiger partial charge in [-0.25, -0.2) is 24.2 Å². The van der Waals surface area contributed by atoms with Crippen LogP contribution in [0.4, 0.5) is 8.78 Å². The number of halogens is 2. The molecular formula is C12H12F2N4. The van der Waals surface area contributed by atoms with Crippen LogP contribution in [0.3, 0.4) is 0 Å². The van der Waals surface area contributed by atoms with Crippen LogP contribution < -0.4 is 11.3 Å². The molecule has 0 aliphatic heterocycles. The number of hydrogen-bond acceptors (Lipinski definition) is 4. The van der Waals surface area contributed by atoms with E-state index in [2.05, 4.69) is 15.4 Å². The molecule has 0 saturated heterocycles. The highest BCUT2D eigenvalue weighted by Crippen LogP contribution is 2.19. The van der Waals surface area contributed by atoms with Crippen LogP contribution in [0.15, 0.2) is 36.7 Å². The van der Waals surface area contributed by atoms with Crippen molar-refractivity contribution in [3.05, 3.63) is 59.7 Å². The van der Waals surface area contributed by atoms with Gasteiger partial charge in [-0.05, 0) is 18.2 Å². The lowest BCUT2D eigenvalue weighted by Crippen LogP contribution is -2.31. The van der Waals surface area contributed by atoms with Crippen LogP contribution in [0.5, 0.6) is 0 Å². The number of aromatic nitrogens is 2. The molecule has 0 bridgehead atoms. The Morgan fingerprint density at radius 1 is 1.11 bits per heavy atom. The molecule has 6 heteroatoms. The Balaban J connectivity index is 2.26. The van der Waals surface area contributed by atoms with Crippen LogP contribution in [-0.2, 0) is 6.42 Å². The molecular weight excluding hydrogens is 238 g/mol. The lowest BCUT2D eigenvalue weighted by molar-refractivity contribution is 0.484. The van der Waals surface area contributed by atoms with Gasteiger partial charge in [0.25, 0.3) is 0 Å². The number of nitrogens with zero attached hydrogens (tertiary/aromatic N) is 2. The van der Waals surface area contributed by atoms with Crippen molar-refractivity contribution < 1.29 is 8.78 Å². The van der Waals surface area contributed by atoms with E-state index in [-0.39, 0.29) is 12.0 Å². The molecule has 0 aliphatic rings. The molecule has 0 saturated carbocycles. The molecule has 0 aliphatic carbocycles. The summed E-state index contributed by atoms with van der Waals surface area (Å²) < 4.78 is 27.0. The number of nitrogens with two attached hydrogens (primary N) is 1. The van der Waals surface area contributed by atoms with E-state index in [9.17, 15) is 8.78 Å². The second kappa shape index (κ2) is 5.61. The summed E-state index contributed by atoms with van der Waals surface area (Å²) in [5.41, 5.74) is 2.43. The van der Waals surface area contributed by atoms with Gasteiger partial charge in [-0.3, -0.25) is 5.84 Å². The van der Waals surface area contributed by atoms with E-state index in [1.165, 1.54) is 18.2 Å². The van der Waals surface area contributed by atoms with Crippen molar-refractivity contribution in [1.29, 1.82) is 0 Å². The van der Waals surface area contributed by atoms with Crippen LogP contribution in [0.2, 0.25) is 0 Å². The molecule has 0 radical (unpaired) electrons. The van der Waals surface area contributed by atoms with Gasteiger partial charge >= 0.3 is 0 Å². The quantitative estimate of drug-likeness (QED) is 0.637. The molecule has 0 amide bonds. The highest BCUT2D eigenvalue weighted by molar-refractivity contribution is 5.21. The second-order valence-electron chi connectivity index (χ2n) is 3.73. The molecule has 2 rings (SSSR count). The van der Waals surface area contributed by atoms with E-state index in [4.69, 9.17) is 5.84 Å². The molecule has 0 spiro atoms. The Morgan fingerprint density at radius 3 is 2.28 bits per heavy atom. The number of hydrogen-bond donors (Lipinski definition) is 2. The fourth-order valence-corrected chi connectivity index (χ4v) is 1.65. The van der Waals surface area contributed by atoms with Crippen molar-refractivity contribution in [2.24, 2.45) is 5.84 Å². The molecule has 1 unspecified atom stereocenters. The van der Waals surface area contributed by atoms with Gasteiger partial charge in [0.15, 0.2) is 0 Å². The standard InChI is InChI=1S/C12H12F2N4/c13-9-3-1-4-10(14)8(9)7-11(18-15)12-16-5-2-6-17-12/h1-6,11,18H,7,15H2. The van der Waals surface area contributed by atoms with Crippen LogP contribution in [-0.4, -0.2) is 9.97 Å². The summed E-state index contributed by atoms with van der Waals surface area (Å²) in [6.45, 7) is 0. The van der Waals surface area contributed by atoms with E-state index in [0.717, 1.165) is 0 Å². The molecule has 2 aromatic rings. The Bertz CT molecular complexity index is 498. The molecule has 0 fully saturated rings. The Hall–Kier alpha value is -1.92. The lowest BCUT2D eigenvalue weighted by atomic mass is 10.0. The van der Waals surface area contributed by atoms with Gasteiger partial charge in [-0.1, -0.05) is 6.07 Å². The highest BCUT2D eigenvalue weighted by atomic mass is 19.1. The minimum Gasteiger partial charge on any atom is -0.271 e. The molecule has 3 N–H and O–H groups in total. The summed E-state index contributed by atoms with van der Waals surface area (Å²) >= 11 is 0. The maximum Gasteiger partial charge on any atom is 0.146 e. The van der Waals surface area contributed by atoms with Gasteiger partial charge in [-0.2, -0.15) is 0 Å². The van der Waals surface area contributed by atoms with Gasteiger partial charge in [0.05, 0.1) is 6.04 Å². The smallest absolute Gasteiger partial charge is 0.146 e. The third-order valence-corrected chi connectivity index (χ3v) is 2.57. The zero-order valence-electron chi connectivity index (χ0n) is 9.48. The van der Waals surface area contributed by atoms with Crippen LogP contribution in [0.25, 0.3) is 0 Å². The molecule has 1 atom stereocenters. The monoisotopic (exact) mass is 250 g/mol. The van der Waals surface area contributed by atoms with Crippen molar-refractivity contribution in [2.45, 2.75) is 12.5 Å². The first-order valence-corrected chi connectivity index (χ1v) is 5.38. The van der Waals surface area contributed by atoms with Gasteiger partial charge in [0.2, 0.25) is 0 Å². The summed E-state index contributed by atoms with van der Waals surface area (Å²) in [4.78, 5) is 8.01. The largest absolute Gasteiger partial charge is 0.271 e. The normalized spacial score (nSPS) is 12.4. The fourth-order valence-electron chi connectivity index (χ4n) is 1.65. The van der Waals surface area contributed by atoms with E-state index >= 15 is 0 Å². The van der Waals surface area contributed by atoms with Crippen LogP contribution >= 0.6 is 0 Å². The minimum absolute atomic E-state index is 0.0343. The van der Waals surface area contributed by atoms with Crippen LogP contribution in [0.1, 0.15) is 17.4 Å². The zero-order chi connectivity index (χ0) is 13.0. The average molecular weight is 250 g/mol. The van der Waals surface area contributed by atoms with E-state index in [0.29, 0.717) is 5.82 Å². The van der Waals surface area contributed by atoms with E-state index in [1.807, 2.05) is 0 Å². The summed E-state index contributed by atoms with van der Waals surface area (Å²) in [6.07, 6.45) is 3.13. The van der Waals surface area contributed by atoms with Crippen molar-refractivity contribution in [2.75, 3.05) is 0 Å². The molecule has 1 aromatic carbocycles. The zero-order valence-corrected chi connectivity index (χ0v) is 9.48. The second-order valence-corrected chi connectivity index (χ2v) is 3.73. The topological polar surface area (TPSA) is 63.8 Å². The number of nitrogens with one attached hydrogen (secondary N) is 1. The van der Waals surface area contributed by atoms with E-state index in [1.54, 1.807) is 18.5 Å². The Kier molecular flexibility index (Phi) is 3.91. The lowest BCUT2D eigenvalue weighted by Gasteiger charge is -2.15. The molecule has 94 valence electrons. The van der Waals surface area contributed by atoms with Crippen molar-refractivity contribution in [3.63, 3.8) is 0 Å². The fraction of sp³-hybridized carbons (Fsp3) is 0.167. The summed E-state index contributed by atoms with van der Waals surface area (Å²) in [5, 5.41) is 0. The summed E-state index contributed by atoms with van der Waals surface area (Å²) in [7, 11) is 0. The maximum atomic E-state index is 13.5. The van der Waals surface area contributed by atoms with E-state index < -0.39 is 17.7 Å². The van der Waals surface area contributed by atoms with Gasteiger partial charge < -0.3 is 0 Å². The first kappa shape index (κ1) is 12.5. The van der Waals surface area contributed by atoms with Crippen LogP contribution in [0, 0.1) is 11.6 Å². The third kappa shape index (κ3) is 2.66. The molecule has 1 aromatic heterocycles. The van der Waals surface area contributed by atoms with Crippen molar-refractivity contribution >= 4 is 0 Å². The average Bonchev–Trinajstić information content (AvgIpc) is 2.40. The first-order valence-electron chi connectivity index (χ1n) is 5.38. The summed E-state index contributed by atoms with van der Waals surface area (Å²) in [6, 6.07) is 4.84. The van der Waals surface area contributed by atoms with Gasteiger partial charge in [-0.15, -0.1) is 0 Å². The minimum atomic E-state index is -0.605. The van der Waals surface area contributed by atoms with Crippen molar-refractivity contribution in [3.8, 4) is 0 Å². The predicted octanol–water partition coefficient (Wildman–Crippen LogP) is 1.50. The maximum absolute atomic E-state index is 13.5. The first-order chi connectivity index (χ1) is 8.72. The Labute approximate surface area is 103 Å². The van der Waals surface area contributed by atoms with Gasteiger partial charge in [0, 0.05) is 24.4 Å².